The molecule has 0 bridgehead atoms. The van der Waals surface area contributed by atoms with Crippen molar-refractivity contribution < 1.29 is 16.8 Å². The Hall–Kier alpha value is -1.58. The lowest BCUT2D eigenvalue weighted by Gasteiger charge is -2.29. The lowest BCUT2D eigenvalue weighted by atomic mass is 10.2. The third-order valence-electron chi connectivity index (χ3n) is 3.57. The molecule has 0 amide bonds. The van der Waals surface area contributed by atoms with Crippen molar-refractivity contribution in [3.05, 3.63) is 41.8 Å². The second-order valence-corrected chi connectivity index (χ2v) is 10.4. The zero-order valence-electron chi connectivity index (χ0n) is 12.2. The monoisotopic (exact) mass is 372 g/mol. The van der Waals surface area contributed by atoms with Crippen molar-refractivity contribution in [1.82, 2.24) is 0 Å². The molecule has 1 N–H and O–H groups in total. The van der Waals surface area contributed by atoms with E-state index in [-0.39, 0.29) is 15.7 Å². The van der Waals surface area contributed by atoms with Crippen molar-refractivity contribution in [3.8, 4) is 0 Å². The summed E-state index contributed by atoms with van der Waals surface area (Å²) in [4.78, 5) is 1.95. The molecule has 1 aromatic heterocycles. The van der Waals surface area contributed by atoms with Gasteiger partial charge in [-0.15, -0.1) is 11.3 Å². The fourth-order valence-corrected chi connectivity index (χ4v) is 5.60. The smallest absolute Gasteiger partial charge is 0.271 e. The van der Waals surface area contributed by atoms with Crippen LogP contribution in [0.15, 0.2) is 46.0 Å². The maximum Gasteiger partial charge on any atom is 0.271 e. The molecule has 0 atom stereocenters. The number of anilines is 2. The van der Waals surface area contributed by atoms with Gasteiger partial charge in [0.25, 0.3) is 10.0 Å². The van der Waals surface area contributed by atoms with E-state index in [4.69, 9.17) is 0 Å². The van der Waals surface area contributed by atoms with Gasteiger partial charge in [0, 0.05) is 18.8 Å². The van der Waals surface area contributed by atoms with E-state index >= 15 is 0 Å². The van der Waals surface area contributed by atoms with Gasteiger partial charge in [0.2, 0.25) is 0 Å². The molecule has 1 aliphatic rings. The van der Waals surface area contributed by atoms with Crippen LogP contribution < -0.4 is 9.62 Å². The zero-order chi connectivity index (χ0) is 16.5. The topological polar surface area (TPSA) is 83.6 Å². The second kappa shape index (κ2) is 6.14. The Bertz CT molecular complexity index is 876. The number of sulfone groups is 1. The lowest BCUT2D eigenvalue weighted by Crippen LogP contribution is -2.40. The highest BCUT2D eigenvalue weighted by Crippen LogP contribution is 2.24. The van der Waals surface area contributed by atoms with Crippen LogP contribution in [0.1, 0.15) is 0 Å². The Morgan fingerprint density at radius 3 is 2.48 bits per heavy atom. The summed E-state index contributed by atoms with van der Waals surface area (Å²) in [6, 6.07) is 10.2. The normalized spacial score (nSPS) is 17.8. The summed E-state index contributed by atoms with van der Waals surface area (Å²) < 4.78 is 50.3. The summed E-state index contributed by atoms with van der Waals surface area (Å²) in [7, 11) is -6.53. The number of sulfonamides is 1. The van der Waals surface area contributed by atoms with Gasteiger partial charge in [0.1, 0.15) is 4.21 Å². The highest BCUT2D eigenvalue weighted by molar-refractivity contribution is 7.94. The number of nitrogens with one attached hydrogen (secondary N) is 1. The van der Waals surface area contributed by atoms with Crippen molar-refractivity contribution in [2.24, 2.45) is 0 Å². The van der Waals surface area contributed by atoms with Crippen molar-refractivity contribution >= 4 is 42.6 Å². The van der Waals surface area contributed by atoms with Gasteiger partial charge in [-0.05, 0) is 29.6 Å². The summed E-state index contributed by atoms with van der Waals surface area (Å²) in [5, 5.41) is 1.71. The molecule has 23 heavy (non-hydrogen) atoms. The van der Waals surface area contributed by atoms with Crippen molar-refractivity contribution in [3.63, 3.8) is 0 Å². The van der Waals surface area contributed by atoms with Crippen molar-refractivity contribution in [1.29, 1.82) is 0 Å². The molecule has 2 heterocycles. The van der Waals surface area contributed by atoms with Gasteiger partial charge in [-0.25, -0.2) is 16.8 Å². The van der Waals surface area contributed by atoms with Crippen LogP contribution in [0.4, 0.5) is 11.4 Å². The van der Waals surface area contributed by atoms with Gasteiger partial charge in [-0.1, -0.05) is 12.1 Å². The number of hydrogen-bond donors (Lipinski definition) is 1. The Morgan fingerprint density at radius 2 is 1.83 bits per heavy atom. The van der Waals surface area contributed by atoms with E-state index in [1.165, 1.54) is 0 Å². The van der Waals surface area contributed by atoms with Gasteiger partial charge in [0.05, 0.1) is 17.2 Å². The average molecular weight is 372 g/mol. The first-order chi connectivity index (χ1) is 10.9. The second-order valence-electron chi connectivity index (χ2n) is 5.23. The van der Waals surface area contributed by atoms with Crippen LogP contribution in [0.25, 0.3) is 0 Å². The summed E-state index contributed by atoms with van der Waals surface area (Å²) >= 11 is 1.15. The summed E-state index contributed by atoms with van der Waals surface area (Å²) in [6.07, 6.45) is 0. The number of hydrogen-bond acceptors (Lipinski definition) is 6. The Kier molecular flexibility index (Phi) is 4.35. The molecule has 1 saturated heterocycles. The van der Waals surface area contributed by atoms with E-state index in [2.05, 4.69) is 4.72 Å². The summed E-state index contributed by atoms with van der Waals surface area (Å²) in [6.45, 7) is 0.840. The molecule has 2 aromatic rings. The first kappa shape index (κ1) is 16.3. The number of rotatable bonds is 4. The van der Waals surface area contributed by atoms with Crippen LogP contribution in [0.3, 0.4) is 0 Å². The minimum Gasteiger partial charge on any atom is -0.369 e. The van der Waals surface area contributed by atoms with Crippen LogP contribution in [-0.2, 0) is 19.9 Å². The molecule has 9 heteroatoms. The fourth-order valence-electron chi connectivity index (χ4n) is 2.36. The predicted molar refractivity (Wildman–Crippen MR) is 92.4 cm³/mol. The van der Waals surface area contributed by atoms with E-state index in [0.29, 0.717) is 18.8 Å². The predicted octanol–water partition coefficient (Wildman–Crippen LogP) is 1.78. The van der Waals surface area contributed by atoms with Crippen LogP contribution in [-0.4, -0.2) is 41.4 Å². The molecule has 6 nitrogen and oxygen atoms in total. The van der Waals surface area contributed by atoms with Gasteiger partial charge in [-0.3, -0.25) is 4.72 Å². The molecule has 0 aliphatic carbocycles. The highest BCUT2D eigenvalue weighted by Gasteiger charge is 2.22. The van der Waals surface area contributed by atoms with E-state index in [9.17, 15) is 16.8 Å². The third-order valence-corrected chi connectivity index (χ3v) is 7.96. The summed E-state index contributed by atoms with van der Waals surface area (Å²) in [5.74, 6) is 0.246. The van der Waals surface area contributed by atoms with E-state index in [1.807, 2.05) is 11.0 Å². The molecule has 3 rings (SSSR count). The minimum absolute atomic E-state index is 0.123. The summed E-state index contributed by atoms with van der Waals surface area (Å²) in [5.41, 5.74) is 1.27. The van der Waals surface area contributed by atoms with Crippen LogP contribution in [0, 0.1) is 0 Å². The molecule has 0 unspecified atom stereocenters. The van der Waals surface area contributed by atoms with Crippen LogP contribution >= 0.6 is 11.3 Å². The van der Waals surface area contributed by atoms with Crippen molar-refractivity contribution in [2.45, 2.75) is 4.21 Å². The largest absolute Gasteiger partial charge is 0.369 e. The quantitative estimate of drug-likeness (QED) is 0.884. The standard InChI is InChI=1S/C14H16N2O4S3/c17-22(18)9-6-16(7-10-22)13-4-1-3-12(11-13)15-23(19,20)14-5-2-8-21-14/h1-5,8,11,15H,6-7,9-10H2. The van der Waals surface area contributed by atoms with Crippen LogP contribution in [0.2, 0.25) is 0 Å². The lowest BCUT2D eigenvalue weighted by molar-refractivity contribution is 0.586. The highest BCUT2D eigenvalue weighted by atomic mass is 32.2. The number of benzene rings is 1. The average Bonchev–Trinajstić information content (AvgIpc) is 3.02. The van der Waals surface area contributed by atoms with E-state index in [0.717, 1.165) is 17.0 Å². The molecular weight excluding hydrogens is 356 g/mol. The van der Waals surface area contributed by atoms with Crippen molar-refractivity contribution in [2.75, 3.05) is 34.2 Å². The van der Waals surface area contributed by atoms with Gasteiger partial charge in [0.15, 0.2) is 9.84 Å². The molecule has 1 fully saturated rings. The molecule has 124 valence electrons. The fraction of sp³-hybridized carbons (Fsp3) is 0.286. The molecule has 0 radical (unpaired) electrons. The van der Waals surface area contributed by atoms with Gasteiger partial charge < -0.3 is 4.90 Å². The Morgan fingerprint density at radius 1 is 1.09 bits per heavy atom. The first-order valence-corrected chi connectivity index (χ1v) is 11.2. The maximum absolute atomic E-state index is 12.2. The Balaban J connectivity index is 1.78. The minimum atomic E-state index is -3.58. The molecular formula is C14H16N2O4S3. The SMILES string of the molecule is O=S1(=O)CCN(c2cccc(NS(=O)(=O)c3cccs3)c2)CC1. The molecule has 0 spiro atoms. The zero-order valence-corrected chi connectivity index (χ0v) is 14.6. The number of thiophene rings is 1. The van der Waals surface area contributed by atoms with Gasteiger partial charge >= 0.3 is 0 Å². The first-order valence-electron chi connectivity index (χ1n) is 6.97. The van der Waals surface area contributed by atoms with Gasteiger partial charge in [-0.2, -0.15) is 0 Å². The molecule has 0 saturated carbocycles. The van der Waals surface area contributed by atoms with E-state index < -0.39 is 19.9 Å². The van der Waals surface area contributed by atoms with Crippen LogP contribution in [0.5, 0.6) is 0 Å². The molecule has 1 aliphatic heterocycles. The number of nitrogens with zero attached hydrogens (tertiary/aromatic N) is 1. The van der Waals surface area contributed by atoms with E-state index in [1.54, 1.807) is 35.7 Å². The Labute approximate surface area is 139 Å². The third kappa shape index (κ3) is 3.85. The maximum atomic E-state index is 12.2. The molecule has 1 aromatic carbocycles.